The van der Waals surface area contributed by atoms with E-state index in [0.717, 1.165) is 15.7 Å². The molecule has 0 aliphatic rings. The van der Waals surface area contributed by atoms with Gasteiger partial charge in [0.25, 0.3) is 5.56 Å². The average molecular weight is 284 g/mol. The van der Waals surface area contributed by atoms with Crippen molar-refractivity contribution in [3.05, 3.63) is 52.7 Å². The number of hydrogen-bond donors (Lipinski definition) is 2. The summed E-state index contributed by atoms with van der Waals surface area (Å²) in [4.78, 5) is 23.6. The topological polar surface area (TPSA) is 84.7 Å². The number of anilines is 1. The fourth-order valence-electron chi connectivity index (χ4n) is 1.98. The van der Waals surface area contributed by atoms with Gasteiger partial charge in [0.1, 0.15) is 0 Å². The quantitative estimate of drug-likeness (QED) is 0.557. The van der Waals surface area contributed by atoms with Crippen molar-refractivity contribution in [2.24, 2.45) is 0 Å². The van der Waals surface area contributed by atoms with E-state index in [-0.39, 0.29) is 5.56 Å². The maximum atomic E-state index is 11.5. The first-order chi connectivity index (χ1) is 9.63. The van der Waals surface area contributed by atoms with Crippen molar-refractivity contribution in [1.82, 2.24) is 15.0 Å². The molecule has 6 heteroatoms. The molecule has 0 amide bonds. The zero-order valence-corrected chi connectivity index (χ0v) is 11.6. The lowest BCUT2D eigenvalue weighted by Crippen LogP contribution is -2.07. The van der Waals surface area contributed by atoms with Gasteiger partial charge in [0, 0.05) is 45.5 Å². The third-order valence-electron chi connectivity index (χ3n) is 2.87. The summed E-state index contributed by atoms with van der Waals surface area (Å²) in [5.74, 6) is 0. The number of nitrogen functional groups attached to an aromatic ring is 1. The Balaban J connectivity index is 2.11. The summed E-state index contributed by atoms with van der Waals surface area (Å²) in [5, 5.41) is 2.45. The molecule has 100 valence electrons. The molecule has 0 radical (unpaired) electrons. The Bertz CT molecular complexity index is 844. The van der Waals surface area contributed by atoms with Gasteiger partial charge in [0.15, 0.2) is 5.16 Å². The van der Waals surface area contributed by atoms with Crippen molar-refractivity contribution in [3.8, 4) is 0 Å². The first kappa shape index (κ1) is 12.7. The van der Waals surface area contributed by atoms with Crippen LogP contribution in [0.3, 0.4) is 0 Å². The molecule has 0 saturated heterocycles. The molecule has 2 heterocycles. The first-order valence-corrected chi connectivity index (χ1v) is 6.83. The van der Waals surface area contributed by atoms with Crippen LogP contribution in [0.2, 0.25) is 0 Å². The largest absolute Gasteiger partial charge is 0.398 e. The zero-order chi connectivity index (χ0) is 14.1. The van der Waals surface area contributed by atoms with Crippen LogP contribution < -0.4 is 11.3 Å². The summed E-state index contributed by atoms with van der Waals surface area (Å²) in [6.07, 6.45) is 3.47. The average Bonchev–Trinajstić information content (AvgIpc) is 2.41. The molecular weight excluding hydrogens is 272 g/mol. The van der Waals surface area contributed by atoms with Crippen LogP contribution in [0, 0.1) is 6.92 Å². The number of fused-ring (bicyclic) bond motifs is 1. The van der Waals surface area contributed by atoms with Crippen LogP contribution in [0.25, 0.3) is 10.8 Å². The molecule has 0 unspecified atom stereocenters. The van der Waals surface area contributed by atoms with Gasteiger partial charge in [-0.3, -0.25) is 9.78 Å². The van der Waals surface area contributed by atoms with Crippen molar-refractivity contribution >= 4 is 28.2 Å². The molecule has 3 rings (SSSR count). The molecule has 0 aliphatic heterocycles. The number of nitrogens with one attached hydrogen (secondary N) is 1. The smallest absolute Gasteiger partial charge is 0.251 e. The highest BCUT2D eigenvalue weighted by Crippen LogP contribution is 2.33. The maximum Gasteiger partial charge on any atom is 0.251 e. The molecule has 0 aliphatic carbocycles. The summed E-state index contributed by atoms with van der Waals surface area (Å²) in [7, 11) is 0. The summed E-state index contributed by atoms with van der Waals surface area (Å²) in [5.41, 5.74) is 7.20. The fourth-order valence-corrected chi connectivity index (χ4v) is 2.94. The number of benzene rings is 1. The fraction of sp³-hybridized carbons (Fsp3) is 0.0714. The van der Waals surface area contributed by atoms with Crippen LogP contribution in [-0.4, -0.2) is 15.0 Å². The lowest BCUT2D eigenvalue weighted by molar-refractivity contribution is 0.906. The van der Waals surface area contributed by atoms with Gasteiger partial charge >= 0.3 is 0 Å². The molecule has 0 saturated carbocycles. The number of aromatic nitrogens is 3. The zero-order valence-electron chi connectivity index (χ0n) is 10.8. The Morgan fingerprint density at radius 2 is 2.10 bits per heavy atom. The van der Waals surface area contributed by atoms with E-state index in [1.807, 2.05) is 18.2 Å². The van der Waals surface area contributed by atoms with Crippen LogP contribution in [0.5, 0.6) is 0 Å². The molecule has 0 atom stereocenters. The van der Waals surface area contributed by atoms with Gasteiger partial charge in [0.05, 0.1) is 0 Å². The van der Waals surface area contributed by atoms with Crippen LogP contribution in [-0.2, 0) is 0 Å². The van der Waals surface area contributed by atoms with E-state index in [0.29, 0.717) is 16.5 Å². The number of aryl methyl sites for hydroxylation is 1. The summed E-state index contributed by atoms with van der Waals surface area (Å²) < 4.78 is 0. The van der Waals surface area contributed by atoms with Crippen molar-refractivity contribution < 1.29 is 0 Å². The highest BCUT2D eigenvalue weighted by Gasteiger charge is 2.07. The second kappa shape index (κ2) is 4.97. The molecule has 3 aromatic rings. The first-order valence-electron chi connectivity index (χ1n) is 6.01. The Hall–Kier alpha value is -2.34. The van der Waals surface area contributed by atoms with E-state index < -0.39 is 0 Å². The van der Waals surface area contributed by atoms with Gasteiger partial charge in [-0.2, -0.15) is 0 Å². The number of nitrogens with two attached hydrogens (primary N) is 1. The second-order valence-corrected chi connectivity index (χ2v) is 5.40. The Morgan fingerprint density at radius 3 is 2.90 bits per heavy atom. The number of H-pyrrole nitrogens is 1. The molecule has 0 spiro atoms. The van der Waals surface area contributed by atoms with Gasteiger partial charge in [-0.25, -0.2) is 4.98 Å². The number of rotatable bonds is 2. The van der Waals surface area contributed by atoms with Crippen molar-refractivity contribution in [1.29, 1.82) is 0 Å². The highest BCUT2D eigenvalue weighted by molar-refractivity contribution is 7.99. The van der Waals surface area contributed by atoms with Gasteiger partial charge < -0.3 is 10.7 Å². The number of nitrogens with zero attached hydrogens (tertiary/aromatic N) is 2. The minimum atomic E-state index is -0.155. The highest BCUT2D eigenvalue weighted by atomic mass is 32.2. The number of hydrogen-bond acceptors (Lipinski definition) is 5. The molecule has 20 heavy (non-hydrogen) atoms. The van der Waals surface area contributed by atoms with Crippen LogP contribution in [0.1, 0.15) is 5.69 Å². The van der Waals surface area contributed by atoms with E-state index in [1.165, 1.54) is 17.8 Å². The van der Waals surface area contributed by atoms with Crippen molar-refractivity contribution in [2.45, 2.75) is 17.0 Å². The van der Waals surface area contributed by atoms with E-state index in [9.17, 15) is 4.79 Å². The predicted octanol–water partition coefficient (Wildman–Crippen LogP) is 2.36. The molecule has 2 aromatic heterocycles. The second-order valence-electron chi connectivity index (χ2n) is 4.37. The van der Waals surface area contributed by atoms with Gasteiger partial charge in [0.2, 0.25) is 0 Å². The van der Waals surface area contributed by atoms with E-state index in [4.69, 9.17) is 5.73 Å². The molecule has 1 aromatic carbocycles. The van der Waals surface area contributed by atoms with Crippen LogP contribution in [0.15, 0.2) is 51.5 Å². The third-order valence-corrected chi connectivity index (χ3v) is 3.83. The lowest BCUT2D eigenvalue weighted by Gasteiger charge is -2.07. The van der Waals surface area contributed by atoms with Gasteiger partial charge in [-0.15, -0.1) is 0 Å². The summed E-state index contributed by atoms with van der Waals surface area (Å²) in [6.45, 7) is 1.79. The van der Waals surface area contributed by atoms with Crippen LogP contribution >= 0.6 is 11.8 Å². The van der Waals surface area contributed by atoms with Crippen molar-refractivity contribution in [2.75, 3.05) is 5.73 Å². The Morgan fingerprint density at radius 1 is 1.25 bits per heavy atom. The van der Waals surface area contributed by atoms with E-state index in [1.54, 1.807) is 19.3 Å². The summed E-state index contributed by atoms with van der Waals surface area (Å²) in [6, 6.07) is 7.10. The maximum absolute atomic E-state index is 11.5. The molecule has 3 N–H and O–H groups in total. The molecule has 5 nitrogen and oxygen atoms in total. The van der Waals surface area contributed by atoms with Gasteiger partial charge in [-0.1, -0.05) is 11.8 Å². The summed E-state index contributed by atoms with van der Waals surface area (Å²) >= 11 is 1.39. The Labute approximate surface area is 119 Å². The molecule has 0 fully saturated rings. The monoisotopic (exact) mass is 284 g/mol. The molecular formula is C14H12N4OS. The standard InChI is InChI=1S/C14H12N4OS/c1-8-6-13(19)18-14(17-8)20-12-3-2-11(15)9-4-5-16-7-10(9)12/h2-7H,15H2,1H3,(H,17,18,19). The minimum absolute atomic E-state index is 0.155. The number of pyridine rings is 1. The number of aromatic amines is 1. The van der Waals surface area contributed by atoms with Crippen LogP contribution in [0.4, 0.5) is 5.69 Å². The molecule has 0 bridgehead atoms. The van der Waals surface area contributed by atoms with E-state index in [2.05, 4.69) is 15.0 Å². The van der Waals surface area contributed by atoms with Crippen molar-refractivity contribution in [3.63, 3.8) is 0 Å². The van der Waals surface area contributed by atoms with E-state index >= 15 is 0 Å². The lowest BCUT2D eigenvalue weighted by atomic mass is 10.1. The SMILES string of the molecule is Cc1cc(=O)[nH]c(Sc2ccc(N)c3ccncc23)n1. The Kier molecular flexibility index (Phi) is 3.15. The normalized spacial score (nSPS) is 10.8. The predicted molar refractivity (Wildman–Crippen MR) is 79.9 cm³/mol. The third kappa shape index (κ3) is 2.37. The van der Waals surface area contributed by atoms with Gasteiger partial charge in [-0.05, 0) is 25.1 Å². The minimum Gasteiger partial charge on any atom is -0.398 e.